The lowest BCUT2D eigenvalue weighted by atomic mass is 9.83. The Balaban J connectivity index is 1.78. The first kappa shape index (κ1) is 35.3. The van der Waals surface area contributed by atoms with Crippen LogP contribution in [-0.4, -0.2) is 83.8 Å². The molecule has 12 nitrogen and oxygen atoms in total. The lowest BCUT2D eigenvalue weighted by Gasteiger charge is -2.37. The molecule has 2 aliphatic carbocycles. The maximum Gasteiger partial charge on any atom is 0.408 e. The van der Waals surface area contributed by atoms with Gasteiger partial charge in [0.2, 0.25) is 23.5 Å². The zero-order chi connectivity index (χ0) is 32.8. The van der Waals surface area contributed by atoms with Gasteiger partial charge in [0, 0.05) is 13.1 Å². The van der Waals surface area contributed by atoms with E-state index in [0.29, 0.717) is 19.5 Å². The third kappa shape index (κ3) is 8.72. The van der Waals surface area contributed by atoms with Crippen LogP contribution in [0.5, 0.6) is 0 Å². The molecule has 3 fully saturated rings. The zero-order valence-electron chi connectivity index (χ0n) is 27.5. The molecule has 0 aromatic heterocycles. The summed E-state index contributed by atoms with van der Waals surface area (Å²) in [7, 11) is 0. The first-order chi connectivity index (χ1) is 20.6. The minimum Gasteiger partial charge on any atom is -0.444 e. The van der Waals surface area contributed by atoms with Crippen molar-refractivity contribution in [2.75, 3.05) is 19.6 Å². The predicted octanol–water partition coefficient (Wildman–Crippen LogP) is 2.44. The molecule has 1 aliphatic heterocycles. The van der Waals surface area contributed by atoms with Gasteiger partial charge < -0.3 is 30.9 Å². The highest BCUT2D eigenvalue weighted by molar-refractivity contribution is 6.38. The molecule has 44 heavy (non-hydrogen) atoms. The van der Waals surface area contributed by atoms with Gasteiger partial charge in [0.05, 0.1) is 12.6 Å². The van der Waals surface area contributed by atoms with Crippen molar-refractivity contribution in [2.24, 2.45) is 23.2 Å². The van der Waals surface area contributed by atoms with Gasteiger partial charge in [0.1, 0.15) is 17.7 Å². The van der Waals surface area contributed by atoms with Gasteiger partial charge in [-0.05, 0) is 69.6 Å². The fourth-order valence-electron chi connectivity index (χ4n) is 6.82. The Morgan fingerprint density at radius 3 is 2.18 bits per heavy atom. The smallest absolute Gasteiger partial charge is 0.408 e. The Labute approximate surface area is 261 Å². The minimum atomic E-state index is -1.10. The van der Waals surface area contributed by atoms with Crippen LogP contribution < -0.4 is 21.3 Å². The van der Waals surface area contributed by atoms with Crippen molar-refractivity contribution in [3.05, 3.63) is 0 Å². The van der Waals surface area contributed by atoms with Crippen LogP contribution in [0.4, 0.5) is 4.79 Å². The number of carbonyl (C=O) groups is 6. The summed E-state index contributed by atoms with van der Waals surface area (Å²) in [6, 6.07) is -2.78. The van der Waals surface area contributed by atoms with E-state index in [0.717, 1.165) is 38.5 Å². The number of carbonyl (C=O) groups excluding carboxylic acids is 6. The van der Waals surface area contributed by atoms with Crippen molar-refractivity contribution >= 4 is 35.5 Å². The summed E-state index contributed by atoms with van der Waals surface area (Å²) < 4.78 is 5.49. The van der Waals surface area contributed by atoms with Crippen LogP contribution >= 0.6 is 0 Å². The standard InChI is InChI=1S/C32H53N5O7/c1-8-13-21(26(39)28(41)34-17-22(38)33-16-9-2)35-27(40)25-23-20(32(23,6)7)18-37(25)29(42)24(19-14-11-10-12-15-19)36-30(43)44-31(3,4)5/h19-21,23-25H,8-18H2,1-7H3,(H,33,38)(H,34,41)(H,35,40)(H,36,43)/t20?,21?,23?,24?,25-/m0/s1. The first-order valence-electron chi connectivity index (χ1n) is 16.3. The number of ketones is 1. The summed E-state index contributed by atoms with van der Waals surface area (Å²) in [5.41, 5.74) is -0.913. The molecule has 4 unspecified atom stereocenters. The quantitative estimate of drug-likeness (QED) is 0.230. The van der Waals surface area contributed by atoms with Gasteiger partial charge in [-0.25, -0.2) is 4.79 Å². The van der Waals surface area contributed by atoms with E-state index in [1.54, 1.807) is 25.7 Å². The highest BCUT2D eigenvalue weighted by Crippen LogP contribution is 2.65. The lowest BCUT2D eigenvalue weighted by Crippen LogP contribution is -2.60. The second kappa shape index (κ2) is 14.7. The molecule has 5 amide bonds. The van der Waals surface area contributed by atoms with E-state index in [1.807, 2.05) is 13.8 Å². The second-order valence-electron chi connectivity index (χ2n) is 14.2. The van der Waals surface area contributed by atoms with Crippen LogP contribution in [0.3, 0.4) is 0 Å². The van der Waals surface area contributed by atoms with Crippen LogP contribution in [0.25, 0.3) is 0 Å². The Bertz CT molecular complexity index is 1100. The van der Waals surface area contributed by atoms with Gasteiger partial charge >= 0.3 is 6.09 Å². The van der Waals surface area contributed by atoms with Gasteiger partial charge in [0.15, 0.2) is 0 Å². The number of likely N-dealkylation sites (tertiary alicyclic amines) is 1. The van der Waals surface area contributed by atoms with E-state index in [4.69, 9.17) is 4.74 Å². The molecule has 0 bridgehead atoms. The van der Waals surface area contributed by atoms with E-state index >= 15 is 0 Å². The normalized spacial score (nSPS) is 23.9. The Morgan fingerprint density at radius 2 is 1.59 bits per heavy atom. The molecule has 12 heteroatoms. The number of amides is 5. The summed E-state index contributed by atoms with van der Waals surface area (Å²) in [6.07, 6.45) is 5.36. The van der Waals surface area contributed by atoms with Crippen molar-refractivity contribution in [3.63, 3.8) is 0 Å². The molecule has 2 saturated carbocycles. The van der Waals surface area contributed by atoms with E-state index in [-0.39, 0.29) is 42.0 Å². The van der Waals surface area contributed by atoms with Crippen LogP contribution in [0.15, 0.2) is 0 Å². The molecule has 0 spiro atoms. The van der Waals surface area contributed by atoms with Crippen molar-refractivity contribution in [2.45, 2.75) is 124 Å². The van der Waals surface area contributed by atoms with E-state index in [2.05, 4.69) is 35.1 Å². The van der Waals surface area contributed by atoms with Gasteiger partial charge in [-0.1, -0.05) is 53.4 Å². The average Bonchev–Trinajstić information content (AvgIpc) is 3.28. The predicted molar refractivity (Wildman–Crippen MR) is 164 cm³/mol. The molecule has 0 aromatic rings. The Hall–Kier alpha value is -3.18. The fraction of sp³-hybridized carbons (Fsp3) is 0.812. The number of Topliss-reactive ketones (excluding diaryl/α,β-unsaturated/α-hetero) is 1. The van der Waals surface area contributed by atoms with Crippen LogP contribution in [0.1, 0.15) is 99.8 Å². The maximum absolute atomic E-state index is 14.2. The topological polar surface area (TPSA) is 163 Å². The summed E-state index contributed by atoms with van der Waals surface area (Å²) >= 11 is 0. The number of hydrogen-bond donors (Lipinski definition) is 4. The summed E-state index contributed by atoms with van der Waals surface area (Å²) in [4.78, 5) is 80.2. The van der Waals surface area contributed by atoms with Crippen LogP contribution in [-0.2, 0) is 28.7 Å². The monoisotopic (exact) mass is 619 g/mol. The first-order valence-corrected chi connectivity index (χ1v) is 16.3. The summed E-state index contributed by atoms with van der Waals surface area (Å²) in [5, 5.41) is 10.6. The SMILES string of the molecule is CCCNC(=O)CNC(=O)C(=O)C(CCC)NC(=O)[C@@H]1C2C(CN1C(=O)C(NC(=O)OC(C)(C)C)C1CCCCC1)C2(C)C. The Morgan fingerprint density at radius 1 is 0.932 bits per heavy atom. The molecule has 3 rings (SSSR count). The fourth-order valence-corrected chi connectivity index (χ4v) is 6.82. The average molecular weight is 620 g/mol. The number of hydrogen-bond acceptors (Lipinski definition) is 7. The minimum absolute atomic E-state index is 0.0787. The van der Waals surface area contributed by atoms with Crippen LogP contribution in [0, 0.1) is 23.2 Å². The van der Waals surface area contributed by atoms with Gasteiger partial charge in [0.25, 0.3) is 5.91 Å². The van der Waals surface area contributed by atoms with Gasteiger partial charge in [-0.3, -0.25) is 24.0 Å². The Kier molecular flexibility index (Phi) is 11.8. The van der Waals surface area contributed by atoms with E-state index in [1.165, 1.54) is 0 Å². The molecule has 5 atom stereocenters. The highest BCUT2D eigenvalue weighted by atomic mass is 16.6. The molecular weight excluding hydrogens is 566 g/mol. The molecular formula is C32H53N5O7. The highest BCUT2D eigenvalue weighted by Gasteiger charge is 2.69. The van der Waals surface area contributed by atoms with E-state index < -0.39 is 53.3 Å². The molecule has 0 aromatic carbocycles. The molecule has 3 aliphatic rings. The molecule has 0 radical (unpaired) electrons. The number of piperidine rings is 1. The second-order valence-corrected chi connectivity index (χ2v) is 14.2. The van der Waals surface area contributed by atoms with Crippen molar-refractivity contribution in [1.82, 2.24) is 26.2 Å². The molecule has 248 valence electrons. The number of alkyl carbamates (subject to hydrolysis) is 1. The molecule has 1 heterocycles. The lowest BCUT2D eigenvalue weighted by molar-refractivity contribution is -0.145. The third-order valence-corrected chi connectivity index (χ3v) is 9.24. The van der Waals surface area contributed by atoms with Crippen molar-refractivity contribution < 1.29 is 33.5 Å². The summed E-state index contributed by atoms with van der Waals surface area (Å²) in [6.45, 7) is 13.6. The van der Waals surface area contributed by atoms with Crippen LogP contribution in [0.2, 0.25) is 0 Å². The number of ether oxygens (including phenoxy) is 1. The van der Waals surface area contributed by atoms with Crippen molar-refractivity contribution in [1.29, 1.82) is 0 Å². The van der Waals surface area contributed by atoms with Gasteiger partial charge in [-0.2, -0.15) is 0 Å². The van der Waals surface area contributed by atoms with Gasteiger partial charge in [-0.15, -0.1) is 0 Å². The molecule has 1 saturated heterocycles. The summed E-state index contributed by atoms with van der Waals surface area (Å²) in [5.74, 6) is -3.09. The van der Waals surface area contributed by atoms with Crippen molar-refractivity contribution in [3.8, 4) is 0 Å². The number of nitrogens with zero attached hydrogens (tertiary/aromatic N) is 1. The number of nitrogens with one attached hydrogen (secondary N) is 4. The largest absolute Gasteiger partial charge is 0.444 e. The third-order valence-electron chi connectivity index (χ3n) is 9.24. The number of fused-ring (bicyclic) bond motifs is 1. The zero-order valence-corrected chi connectivity index (χ0v) is 27.5. The molecule has 4 N–H and O–H groups in total. The van der Waals surface area contributed by atoms with E-state index in [9.17, 15) is 28.8 Å². The maximum atomic E-state index is 14.2. The number of rotatable bonds is 13.